The standard InChI is InChI=1S/C19H22FN3O3/c1-13(16-6-4-5-7-17(16)20)23(2)19(25)22-15-10-8-14(9-11-15)21-18(24)12-26-3/h4-11,13H,12H2,1-3H3,(H,21,24)(H,22,25)/t13-/m0/s1. The van der Waals surface area contributed by atoms with E-state index in [0.717, 1.165) is 0 Å². The quantitative estimate of drug-likeness (QED) is 0.827. The second-order valence-corrected chi connectivity index (χ2v) is 5.80. The van der Waals surface area contributed by atoms with Crippen LogP contribution in [0.3, 0.4) is 0 Å². The second-order valence-electron chi connectivity index (χ2n) is 5.80. The van der Waals surface area contributed by atoms with Crippen LogP contribution in [0, 0.1) is 5.82 Å². The first kappa shape index (κ1) is 19.4. The number of rotatable bonds is 6. The Morgan fingerprint density at radius 3 is 2.23 bits per heavy atom. The highest BCUT2D eigenvalue weighted by Gasteiger charge is 2.20. The molecule has 0 heterocycles. The lowest BCUT2D eigenvalue weighted by molar-refractivity contribution is -0.119. The molecule has 2 N–H and O–H groups in total. The van der Waals surface area contributed by atoms with E-state index >= 15 is 0 Å². The Hall–Kier alpha value is -2.93. The lowest BCUT2D eigenvalue weighted by Gasteiger charge is -2.26. The van der Waals surface area contributed by atoms with Gasteiger partial charge in [-0.05, 0) is 37.3 Å². The largest absolute Gasteiger partial charge is 0.375 e. The van der Waals surface area contributed by atoms with Crippen LogP contribution < -0.4 is 10.6 Å². The highest BCUT2D eigenvalue weighted by atomic mass is 19.1. The molecule has 0 aliphatic rings. The number of carbonyl (C=O) groups excluding carboxylic acids is 2. The third kappa shape index (κ3) is 5.03. The predicted molar refractivity (Wildman–Crippen MR) is 98.5 cm³/mol. The Labute approximate surface area is 152 Å². The summed E-state index contributed by atoms with van der Waals surface area (Å²) in [7, 11) is 3.04. The maximum Gasteiger partial charge on any atom is 0.322 e. The van der Waals surface area contributed by atoms with Crippen LogP contribution in [0.1, 0.15) is 18.5 Å². The van der Waals surface area contributed by atoms with Crippen molar-refractivity contribution >= 4 is 23.3 Å². The highest BCUT2D eigenvalue weighted by molar-refractivity contribution is 5.93. The molecule has 2 rings (SSSR count). The molecule has 0 aromatic heterocycles. The Bertz CT molecular complexity index is 765. The first-order chi connectivity index (χ1) is 12.4. The smallest absolute Gasteiger partial charge is 0.322 e. The molecule has 0 unspecified atom stereocenters. The number of anilines is 2. The zero-order chi connectivity index (χ0) is 19.1. The van der Waals surface area contributed by atoms with Gasteiger partial charge in [0.15, 0.2) is 0 Å². The number of methoxy groups -OCH3 is 1. The maximum absolute atomic E-state index is 13.9. The van der Waals surface area contributed by atoms with Gasteiger partial charge >= 0.3 is 6.03 Å². The molecule has 0 aliphatic heterocycles. The van der Waals surface area contributed by atoms with Crippen LogP contribution in [-0.4, -0.2) is 37.6 Å². The van der Waals surface area contributed by atoms with E-state index < -0.39 is 6.04 Å². The van der Waals surface area contributed by atoms with E-state index in [1.807, 2.05) is 0 Å². The number of nitrogens with one attached hydrogen (secondary N) is 2. The second kappa shape index (κ2) is 8.96. The molecule has 0 bridgehead atoms. The first-order valence-corrected chi connectivity index (χ1v) is 8.09. The van der Waals surface area contributed by atoms with Gasteiger partial charge in [0.2, 0.25) is 5.91 Å². The number of amides is 3. The van der Waals surface area contributed by atoms with Gasteiger partial charge in [-0.15, -0.1) is 0 Å². The summed E-state index contributed by atoms with van der Waals surface area (Å²) in [6, 6.07) is 12.3. The van der Waals surface area contributed by atoms with Crippen LogP contribution >= 0.6 is 0 Å². The minimum atomic E-state index is -0.427. The van der Waals surface area contributed by atoms with E-state index in [0.29, 0.717) is 16.9 Å². The fourth-order valence-electron chi connectivity index (χ4n) is 2.38. The maximum atomic E-state index is 13.9. The zero-order valence-electron chi connectivity index (χ0n) is 15.0. The minimum Gasteiger partial charge on any atom is -0.375 e. The molecular formula is C19H22FN3O3. The number of hydrogen-bond donors (Lipinski definition) is 2. The third-order valence-corrected chi connectivity index (χ3v) is 3.95. The van der Waals surface area contributed by atoms with Crippen LogP contribution in [-0.2, 0) is 9.53 Å². The monoisotopic (exact) mass is 359 g/mol. The average Bonchev–Trinajstić information content (AvgIpc) is 2.62. The van der Waals surface area contributed by atoms with Gasteiger partial charge in [-0.1, -0.05) is 18.2 Å². The molecule has 0 fully saturated rings. The summed E-state index contributed by atoms with van der Waals surface area (Å²) in [6.07, 6.45) is 0. The number of hydrogen-bond acceptors (Lipinski definition) is 3. The van der Waals surface area contributed by atoms with Crippen molar-refractivity contribution in [2.45, 2.75) is 13.0 Å². The Kier molecular flexibility index (Phi) is 6.68. The van der Waals surface area contributed by atoms with Crippen molar-refractivity contribution in [3.8, 4) is 0 Å². The molecule has 1 atom stereocenters. The number of ether oxygens (including phenoxy) is 1. The fourth-order valence-corrected chi connectivity index (χ4v) is 2.38. The SMILES string of the molecule is COCC(=O)Nc1ccc(NC(=O)N(C)[C@@H](C)c2ccccc2F)cc1. The summed E-state index contributed by atoms with van der Waals surface area (Å²) in [6.45, 7) is 1.73. The van der Waals surface area contributed by atoms with Gasteiger partial charge in [-0.3, -0.25) is 4.79 Å². The number of halogens is 1. The van der Waals surface area contributed by atoms with Gasteiger partial charge in [0.25, 0.3) is 0 Å². The topological polar surface area (TPSA) is 70.7 Å². The molecule has 0 radical (unpaired) electrons. The Balaban J connectivity index is 1.98. The zero-order valence-corrected chi connectivity index (χ0v) is 15.0. The van der Waals surface area contributed by atoms with Crippen LogP contribution in [0.5, 0.6) is 0 Å². The van der Waals surface area contributed by atoms with Crippen molar-refractivity contribution in [3.05, 3.63) is 59.9 Å². The molecule has 7 heteroatoms. The minimum absolute atomic E-state index is 0.0305. The molecule has 0 saturated heterocycles. The highest BCUT2D eigenvalue weighted by Crippen LogP contribution is 2.22. The van der Waals surface area contributed by atoms with E-state index in [-0.39, 0.29) is 24.4 Å². The van der Waals surface area contributed by atoms with Crippen molar-refractivity contribution in [1.82, 2.24) is 4.90 Å². The van der Waals surface area contributed by atoms with Gasteiger partial charge < -0.3 is 20.3 Å². The van der Waals surface area contributed by atoms with Gasteiger partial charge in [0, 0.05) is 31.1 Å². The van der Waals surface area contributed by atoms with Crippen molar-refractivity contribution in [2.24, 2.45) is 0 Å². The first-order valence-electron chi connectivity index (χ1n) is 8.09. The molecule has 138 valence electrons. The van der Waals surface area contributed by atoms with E-state index in [9.17, 15) is 14.0 Å². The van der Waals surface area contributed by atoms with E-state index in [1.54, 1.807) is 56.4 Å². The third-order valence-electron chi connectivity index (χ3n) is 3.95. The molecule has 6 nitrogen and oxygen atoms in total. The van der Waals surface area contributed by atoms with Crippen LogP contribution in [0.2, 0.25) is 0 Å². The van der Waals surface area contributed by atoms with Crippen molar-refractivity contribution in [3.63, 3.8) is 0 Å². The van der Waals surface area contributed by atoms with Crippen LogP contribution in [0.4, 0.5) is 20.6 Å². The number of nitrogens with zero attached hydrogens (tertiary/aromatic N) is 1. The number of benzene rings is 2. The molecule has 2 aromatic rings. The summed E-state index contributed by atoms with van der Waals surface area (Å²) < 4.78 is 18.6. The number of carbonyl (C=O) groups is 2. The fraction of sp³-hybridized carbons (Fsp3) is 0.263. The molecule has 26 heavy (non-hydrogen) atoms. The van der Waals surface area contributed by atoms with E-state index in [1.165, 1.54) is 18.1 Å². The summed E-state index contributed by atoms with van der Waals surface area (Å²) >= 11 is 0. The molecule has 0 aliphatic carbocycles. The van der Waals surface area contributed by atoms with Crippen molar-refractivity contribution < 1.29 is 18.7 Å². The van der Waals surface area contributed by atoms with Gasteiger partial charge in [-0.2, -0.15) is 0 Å². The normalized spacial score (nSPS) is 11.5. The summed E-state index contributed by atoms with van der Waals surface area (Å²) in [5.74, 6) is -0.612. The van der Waals surface area contributed by atoms with Gasteiger partial charge in [0.05, 0.1) is 6.04 Å². The number of urea groups is 1. The Morgan fingerprint density at radius 1 is 1.08 bits per heavy atom. The lowest BCUT2D eigenvalue weighted by atomic mass is 10.1. The summed E-state index contributed by atoms with van der Waals surface area (Å²) in [5.41, 5.74) is 1.60. The summed E-state index contributed by atoms with van der Waals surface area (Å²) in [4.78, 5) is 25.3. The average molecular weight is 359 g/mol. The van der Waals surface area contributed by atoms with Gasteiger partial charge in [0.1, 0.15) is 12.4 Å². The molecular weight excluding hydrogens is 337 g/mol. The van der Waals surface area contributed by atoms with Crippen LogP contribution in [0.25, 0.3) is 0 Å². The summed E-state index contributed by atoms with van der Waals surface area (Å²) in [5, 5.41) is 5.41. The molecule has 0 spiro atoms. The molecule has 3 amide bonds. The Morgan fingerprint density at radius 2 is 1.65 bits per heavy atom. The molecule has 2 aromatic carbocycles. The van der Waals surface area contributed by atoms with Crippen LogP contribution in [0.15, 0.2) is 48.5 Å². The van der Waals surface area contributed by atoms with Crippen molar-refractivity contribution in [2.75, 3.05) is 31.4 Å². The van der Waals surface area contributed by atoms with E-state index in [2.05, 4.69) is 10.6 Å². The van der Waals surface area contributed by atoms with Crippen molar-refractivity contribution in [1.29, 1.82) is 0 Å². The predicted octanol–water partition coefficient (Wildman–Crippen LogP) is 3.64. The molecule has 0 saturated carbocycles. The van der Waals surface area contributed by atoms with Gasteiger partial charge in [-0.25, -0.2) is 9.18 Å². The van der Waals surface area contributed by atoms with E-state index in [4.69, 9.17) is 4.74 Å². The lowest BCUT2D eigenvalue weighted by Crippen LogP contribution is -2.34.